The topological polar surface area (TPSA) is 60.9 Å². The first-order valence-electron chi connectivity index (χ1n) is 6.69. The van der Waals surface area contributed by atoms with Crippen LogP contribution in [0.1, 0.15) is 33.1 Å². The van der Waals surface area contributed by atoms with E-state index in [-0.39, 0.29) is 18.0 Å². The van der Waals surface area contributed by atoms with Gasteiger partial charge in [0.2, 0.25) is 0 Å². The zero-order valence-corrected chi connectivity index (χ0v) is 11.3. The molecule has 1 saturated carbocycles. The molecule has 0 radical (unpaired) electrons. The standard InChI is InChI=1S/C13H22N2O3/c1-8-6-7-15(11(8)12(16)17)13(18)14(3)9(2)10-4-5-10/h8-11H,4-7H2,1-3H3,(H,16,17). The van der Waals surface area contributed by atoms with Crippen LogP contribution in [-0.2, 0) is 4.79 Å². The highest BCUT2D eigenvalue weighted by molar-refractivity contribution is 5.83. The van der Waals surface area contributed by atoms with Gasteiger partial charge in [-0.3, -0.25) is 0 Å². The Morgan fingerprint density at radius 2 is 1.94 bits per heavy atom. The highest BCUT2D eigenvalue weighted by Gasteiger charge is 2.42. The van der Waals surface area contributed by atoms with E-state index >= 15 is 0 Å². The van der Waals surface area contributed by atoms with Gasteiger partial charge in [0.25, 0.3) is 0 Å². The van der Waals surface area contributed by atoms with Crippen LogP contribution in [0, 0.1) is 11.8 Å². The molecular weight excluding hydrogens is 232 g/mol. The summed E-state index contributed by atoms with van der Waals surface area (Å²) >= 11 is 0. The van der Waals surface area contributed by atoms with E-state index in [9.17, 15) is 14.7 Å². The molecule has 1 aliphatic carbocycles. The van der Waals surface area contributed by atoms with Crippen molar-refractivity contribution in [2.75, 3.05) is 13.6 Å². The summed E-state index contributed by atoms with van der Waals surface area (Å²) in [5.41, 5.74) is 0. The van der Waals surface area contributed by atoms with Crippen LogP contribution >= 0.6 is 0 Å². The van der Waals surface area contributed by atoms with Gasteiger partial charge in [-0.15, -0.1) is 0 Å². The van der Waals surface area contributed by atoms with Crippen LogP contribution in [0.15, 0.2) is 0 Å². The fraction of sp³-hybridized carbons (Fsp3) is 0.846. The van der Waals surface area contributed by atoms with E-state index in [0.717, 1.165) is 6.42 Å². The van der Waals surface area contributed by atoms with Gasteiger partial charge in [-0.25, -0.2) is 9.59 Å². The minimum absolute atomic E-state index is 0.0380. The maximum atomic E-state index is 12.4. The molecule has 0 aromatic heterocycles. The van der Waals surface area contributed by atoms with Gasteiger partial charge in [-0.05, 0) is 38.0 Å². The van der Waals surface area contributed by atoms with Crippen molar-refractivity contribution in [3.63, 3.8) is 0 Å². The molecule has 1 saturated heterocycles. The molecule has 5 heteroatoms. The van der Waals surface area contributed by atoms with Crippen LogP contribution in [0.3, 0.4) is 0 Å². The number of carboxylic acids is 1. The first-order chi connectivity index (χ1) is 8.43. The molecular formula is C13H22N2O3. The summed E-state index contributed by atoms with van der Waals surface area (Å²) in [6.45, 7) is 4.50. The van der Waals surface area contributed by atoms with Gasteiger partial charge in [0.1, 0.15) is 6.04 Å². The Morgan fingerprint density at radius 3 is 2.44 bits per heavy atom. The number of carbonyl (C=O) groups excluding carboxylic acids is 1. The third-order valence-corrected chi connectivity index (χ3v) is 4.42. The smallest absolute Gasteiger partial charge is 0.326 e. The number of rotatable bonds is 3. The van der Waals surface area contributed by atoms with E-state index in [0.29, 0.717) is 12.5 Å². The molecule has 102 valence electrons. The van der Waals surface area contributed by atoms with E-state index < -0.39 is 12.0 Å². The van der Waals surface area contributed by atoms with Crippen molar-refractivity contribution in [1.82, 2.24) is 9.80 Å². The molecule has 0 aromatic carbocycles. The second-order valence-corrected chi connectivity index (χ2v) is 5.71. The third kappa shape index (κ3) is 2.31. The number of hydrogen-bond donors (Lipinski definition) is 1. The van der Waals surface area contributed by atoms with Gasteiger partial charge in [-0.2, -0.15) is 0 Å². The van der Waals surface area contributed by atoms with Crippen molar-refractivity contribution in [3.8, 4) is 0 Å². The zero-order valence-electron chi connectivity index (χ0n) is 11.3. The van der Waals surface area contributed by atoms with E-state index in [4.69, 9.17) is 0 Å². The molecule has 2 amide bonds. The van der Waals surface area contributed by atoms with Crippen molar-refractivity contribution < 1.29 is 14.7 Å². The fourth-order valence-electron chi connectivity index (χ4n) is 2.81. The molecule has 1 N–H and O–H groups in total. The lowest BCUT2D eigenvalue weighted by Gasteiger charge is -2.32. The summed E-state index contributed by atoms with van der Waals surface area (Å²) < 4.78 is 0. The van der Waals surface area contributed by atoms with Gasteiger partial charge < -0.3 is 14.9 Å². The Kier molecular flexibility index (Phi) is 3.50. The molecule has 1 aliphatic heterocycles. The maximum Gasteiger partial charge on any atom is 0.326 e. The summed E-state index contributed by atoms with van der Waals surface area (Å²) in [6.07, 6.45) is 3.13. The van der Waals surface area contributed by atoms with E-state index in [1.165, 1.54) is 17.7 Å². The number of carbonyl (C=O) groups is 2. The first kappa shape index (κ1) is 13.2. The molecule has 0 aromatic rings. The first-order valence-corrected chi connectivity index (χ1v) is 6.69. The van der Waals surface area contributed by atoms with Gasteiger partial charge >= 0.3 is 12.0 Å². The summed E-state index contributed by atoms with van der Waals surface area (Å²) in [6, 6.07) is -0.583. The molecule has 0 spiro atoms. The van der Waals surface area contributed by atoms with E-state index in [2.05, 4.69) is 0 Å². The number of likely N-dealkylation sites (tertiary alicyclic amines) is 1. The molecule has 0 bridgehead atoms. The quantitative estimate of drug-likeness (QED) is 0.832. The summed E-state index contributed by atoms with van der Waals surface area (Å²) in [5, 5.41) is 9.23. The van der Waals surface area contributed by atoms with Crippen molar-refractivity contribution >= 4 is 12.0 Å². The summed E-state index contributed by atoms with van der Waals surface area (Å²) in [4.78, 5) is 26.9. The average molecular weight is 254 g/mol. The number of amides is 2. The van der Waals surface area contributed by atoms with Crippen molar-refractivity contribution in [2.45, 2.75) is 45.2 Å². The molecule has 5 nitrogen and oxygen atoms in total. The Hall–Kier alpha value is -1.26. The normalized spacial score (nSPS) is 29.2. The second kappa shape index (κ2) is 4.78. The van der Waals surface area contributed by atoms with Gasteiger partial charge in [-0.1, -0.05) is 6.92 Å². The molecule has 2 aliphatic rings. The van der Waals surface area contributed by atoms with Crippen molar-refractivity contribution in [1.29, 1.82) is 0 Å². The fourth-order valence-corrected chi connectivity index (χ4v) is 2.81. The van der Waals surface area contributed by atoms with Crippen molar-refractivity contribution in [2.24, 2.45) is 11.8 Å². The van der Waals surface area contributed by atoms with E-state index in [1.807, 2.05) is 13.8 Å². The Labute approximate surface area is 108 Å². The molecule has 2 rings (SSSR count). The van der Waals surface area contributed by atoms with Crippen molar-refractivity contribution in [3.05, 3.63) is 0 Å². The molecule has 3 atom stereocenters. The minimum Gasteiger partial charge on any atom is -0.480 e. The lowest BCUT2D eigenvalue weighted by atomic mass is 10.0. The average Bonchev–Trinajstić information content (AvgIpc) is 3.09. The lowest BCUT2D eigenvalue weighted by Crippen LogP contribution is -2.50. The highest BCUT2D eigenvalue weighted by atomic mass is 16.4. The molecule has 2 fully saturated rings. The van der Waals surface area contributed by atoms with Crippen LogP contribution in [0.4, 0.5) is 4.79 Å². The number of urea groups is 1. The van der Waals surface area contributed by atoms with Crippen LogP contribution in [-0.4, -0.2) is 52.6 Å². The molecule has 1 heterocycles. The number of aliphatic carboxylic acids is 1. The number of carboxylic acid groups (broad SMARTS) is 1. The predicted molar refractivity (Wildman–Crippen MR) is 67.3 cm³/mol. The molecule has 3 unspecified atom stereocenters. The largest absolute Gasteiger partial charge is 0.480 e. The summed E-state index contributed by atoms with van der Waals surface area (Å²) in [5.74, 6) is -0.251. The SMILES string of the molecule is CC1CCN(C(=O)N(C)C(C)C2CC2)C1C(=O)O. The Morgan fingerprint density at radius 1 is 1.33 bits per heavy atom. The zero-order chi connectivity index (χ0) is 13.4. The monoisotopic (exact) mass is 254 g/mol. The maximum absolute atomic E-state index is 12.4. The van der Waals surface area contributed by atoms with E-state index in [1.54, 1.807) is 11.9 Å². The summed E-state index contributed by atoms with van der Waals surface area (Å²) in [7, 11) is 1.78. The lowest BCUT2D eigenvalue weighted by molar-refractivity contribution is -0.142. The number of hydrogen-bond acceptors (Lipinski definition) is 2. The van der Waals surface area contributed by atoms with Crippen LogP contribution in [0.5, 0.6) is 0 Å². The Balaban J connectivity index is 2.05. The predicted octanol–water partition coefficient (Wildman–Crippen LogP) is 1.63. The third-order valence-electron chi connectivity index (χ3n) is 4.42. The minimum atomic E-state index is -0.888. The van der Waals surface area contributed by atoms with Gasteiger partial charge in [0, 0.05) is 19.6 Å². The van der Waals surface area contributed by atoms with Crippen LogP contribution in [0.2, 0.25) is 0 Å². The van der Waals surface area contributed by atoms with Crippen LogP contribution < -0.4 is 0 Å². The number of nitrogens with zero attached hydrogens (tertiary/aromatic N) is 2. The van der Waals surface area contributed by atoms with Gasteiger partial charge in [0.05, 0.1) is 0 Å². The highest BCUT2D eigenvalue weighted by Crippen LogP contribution is 2.35. The Bertz CT molecular complexity index is 354. The second-order valence-electron chi connectivity index (χ2n) is 5.71. The van der Waals surface area contributed by atoms with Crippen LogP contribution in [0.25, 0.3) is 0 Å². The van der Waals surface area contributed by atoms with Gasteiger partial charge in [0.15, 0.2) is 0 Å². The molecule has 18 heavy (non-hydrogen) atoms.